The fraction of sp³-hybridized carbons (Fsp3) is 0.500. The van der Waals surface area contributed by atoms with Gasteiger partial charge in [-0.3, -0.25) is 9.89 Å². The van der Waals surface area contributed by atoms with Gasteiger partial charge in [0, 0.05) is 25.0 Å². The van der Waals surface area contributed by atoms with Gasteiger partial charge >= 0.3 is 12.1 Å². The summed E-state index contributed by atoms with van der Waals surface area (Å²) in [5, 5.41) is 14.2. The predicted octanol–water partition coefficient (Wildman–Crippen LogP) is 3.45. The monoisotopic (exact) mass is 454 g/mol. The molecule has 1 amide bonds. The fourth-order valence-electron chi connectivity index (χ4n) is 4.07. The molecule has 1 fully saturated rings. The minimum atomic E-state index is -5.08. The lowest BCUT2D eigenvalue weighted by molar-refractivity contribution is -0.192. The highest BCUT2D eigenvalue weighted by atomic mass is 19.4. The van der Waals surface area contributed by atoms with Gasteiger partial charge in [0.2, 0.25) is 5.91 Å². The van der Waals surface area contributed by atoms with Crippen LogP contribution in [0.2, 0.25) is 0 Å². The zero-order chi connectivity index (χ0) is 24.1. The number of halogens is 3. The molecule has 0 bridgehead atoms. The SMILES string of the molecule is Cc1cc(C)c(C(N)C(=O)N2CCC(Cc3ccn[nH]3)CC2)c(C)c1.O=C(O)C(F)(F)F. The zero-order valence-electron chi connectivity index (χ0n) is 18.4. The first-order valence-corrected chi connectivity index (χ1v) is 10.3. The van der Waals surface area contributed by atoms with Crippen LogP contribution in [0.25, 0.3) is 0 Å². The minimum absolute atomic E-state index is 0.0510. The number of carboxylic acids is 1. The van der Waals surface area contributed by atoms with Crippen LogP contribution in [0.4, 0.5) is 13.2 Å². The number of nitrogens with one attached hydrogen (secondary N) is 1. The number of hydrogen-bond donors (Lipinski definition) is 3. The van der Waals surface area contributed by atoms with E-state index in [2.05, 4.69) is 29.3 Å². The molecule has 7 nitrogen and oxygen atoms in total. The molecule has 1 aliphatic rings. The molecule has 3 rings (SSSR count). The Bertz CT molecular complexity index is 898. The van der Waals surface area contributed by atoms with Crippen molar-refractivity contribution in [1.82, 2.24) is 15.1 Å². The largest absolute Gasteiger partial charge is 0.490 e. The van der Waals surface area contributed by atoms with Crippen molar-refractivity contribution in [2.75, 3.05) is 13.1 Å². The van der Waals surface area contributed by atoms with E-state index in [1.807, 2.05) is 24.8 Å². The van der Waals surface area contributed by atoms with Crippen LogP contribution in [-0.4, -0.2) is 51.3 Å². The van der Waals surface area contributed by atoms with Gasteiger partial charge in [0.1, 0.15) is 6.04 Å². The van der Waals surface area contributed by atoms with E-state index in [4.69, 9.17) is 15.6 Å². The molecule has 1 unspecified atom stereocenters. The molecule has 1 saturated heterocycles. The van der Waals surface area contributed by atoms with Crippen molar-refractivity contribution < 1.29 is 27.9 Å². The Kier molecular flexibility index (Phi) is 8.43. The summed E-state index contributed by atoms with van der Waals surface area (Å²) in [6, 6.07) is 5.67. The number of aryl methyl sites for hydroxylation is 3. The topological polar surface area (TPSA) is 112 Å². The molecule has 2 aromatic rings. The molecule has 0 saturated carbocycles. The molecule has 1 aliphatic heterocycles. The van der Waals surface area contributed by atoms with Crippen molar-refractivity contribution in [3.63, 3.8) is 0 Å². The van der Waals surface area contributed by atoms with Crippen LogP contribution in [0.15, 0.2) is 24.4 Å². The van der Waals surface area contributed by atoms with Gasteiger partial charge in [0.05, 0.1) is 0 Å². The number of hydrogen-bond acceptors (Lipinski definition) is 4. The third kappa shape index (κ3) is 6.81. The molecule has 176 valence electrons. The van der Waals surface area contributed by atoms with Crippen LogP contribution >= 0.6 is 0 Å². The number of rotatable bonds is 4. The number of nitrogens with zero attached hydrogens (tertiary/aromatic N) is 2. The van der Waals surface area contributed by atoms with Gasteiger partial charge in [-0.25, -0.2) is 4.79 Å². The molecule has 0 aliphatic carbocycles. The van der Waals surface area contributed by atoms with Crippen LogP contribution in [0.5, 0.6) is 0 Å². The third-order valence-corrected chi connectivity index (χ3v) is 5.55. The molecular formula is C22H29F3N4O3. The van der Waals surface area contributed by atoms with Gasteiger partial charge in [0.25, 0.3) is 0 Å². The van der Waals surface area contributed by atoms with Gasteiger partial charge in [0.15, 0.2) is 0 Å². The van der Waals surface area contributed by atoms with Crippen LogP contribution in [-0.2, 0) is 16.0 Å². The number of carbonyl (C=O) groups is 2. The van der Waals surface area contributed by atoms with Gasteiger partial charge in [-0.1, -0.05) is 17.7 Å². The van der Waals surface area contributed by atoms with Crippen LogP contribution in [0.3, 0.4) is 0 Å². The third-order valence-electron chi connectivity index (χ3n) is 5.55. The molecule has 1 atom stereocenters. The van der Waals surface area contributed by atoms with Crippen molar-refractivity contribution >= 4 is 11.9 Å². The molecular weight excluding hydrogens is 425 g/mol. The van der Waals surface area contributed by atoms with E-state index in [0.29, 0.717) is 5.92 Å². The number of alkyl halides is 3. The smallest absolute Gasteiger partial charge is 0.475 e. The van der Waals surface area contributed by atoms with Gasteiger partial charge in [-0.2, -0.15) is 18.3 Å². The maximum Gasteiger partial charge on any atom is 0.490 e. The second-order valence-corrected chi connectivity index (χ2v) is 8.15. The normalized spacial score (nSPS) is 15.7. The summed E-state index contributed by atoms with van der Waals surface area (Å²) >= 11 is 0. The minimum Gasteiger partial charge on any atom is -0.475 e. The number of aromatic nitrogens is 2. The van der Waals surface area contributed by atoms with Gasteiger partial charge < -0.3 is 15.7 Å². The Labute approximate surface area is 184 Å². The van der Waals surface area contributed by atoms with E-state index in [-0.39, 0.29) is 5.91 Å². The average molecular weight is 454 g/mol. The first kappa shape index (κ1) is 25.4. The molecule has 10 heteroatoms. The highest BCUT2D eigenvalue weighted by Crippen LogP contribution is 2.26. The molecule has 0 spiro atoms. The summed E-state index contributed by atoms with van der Waals surface area (Å²) in [5.74, 6) is -2.11. The first-order chi connectivity index (χ1) is 14.9. The van der Waals surface area contributed by atoms with Crippen molar-refractivity contribution in [3.8, 4) is 0 Å². The number of benzene rings is 1. The number of amides is 1. The Morgan fingerprint density at radius 3 is 2.19 bits per heavy atom. The van der Waals surface area contributed by atoms with E-state index in [1.165, 1.54) is 11.3 Å². The van der Waals surface area contributed by atoms with Crippen LogP contribution in [0, 0.1) is 26.7 Å². The van der Waals surface area contributed by atoms with E-state index in [9.17, 15) is 18.0 Å². The number of H-pyrrole nitrogens is 1. The van der Waals surface area contributed by atoms with Gasteiger partial charge in [-0.05, 0) is 68.7 Å². The molecule has 1 aromatic heterocycles. The van der Waals surface area contributed by atoms with Crippen LogP contribution in [0.1, 0.15) is 46.8 Å². The molecule has 32 heavy (non-hydrogen) atoms. The summed E-state index contributed by atoms with van der Waals surface area (Å²) in [5.41, 5.74) is 11.9. The number of likely N-dealkylation sites (tertiary alicyclic amines) is 1. The highest BCUT2D eigenvalue weighted by molar-refractivity contribution is 5.84. The zero-order valence-corrected chi connectivity index (χ0v) is 18.4. The maximum absolute atomic E-state index is 12.9. The summed E-state index contributed by atoms with van der Waals surface area (Å²) < 4.78 is 31.7. The standard InChI is InChI=1S/C20H28N4O.C2HF3O2/c1-13-10-14(2)18(15(3)11-13)19(21)20(25)24-8-5-16(6-9-24)12-17-4-7-22-23-17;3-2(4,5)1(6)7/h4,7,10-11,16,19H,5-6,8-9,12,21H2,1-3H3,(H,22,23);(H,6,7). The average Bonchev–Trinajstić information content (AvgIpc) is 3.20. The van der Waals surface area contributed by atoms with E-state index < -0.39 is 18.2 Å². The lowest BCUT2D eigenvalue weighted by atomic mass is 9.90. The summed E-state index contributed by atoms with van der Waals surface area (Å²) in [6.45, 7) is 7.73. The Morgan fingerprint density at radius 2 is 1.75 bits per heavy atom. The lowest BCUT2D eigenvalue weighted by Crippen LogP contribution is -2.44. The van der Waals surface area contributed by atoms with Gasteiger partial charge in [-0.15, -0.1) is 0 Å². The van der Waals surface area contributed by atoms with Crippen molar-refractivity contribution in [3.05, 3.63) is 52.3 Å². The number of carboxylic acid groups (broad SMARTS) is 1. The Balaban J connectivity index is 0.000000451. The molecule has 1 aromatic carbocycles. The van der Waals surface area contributed by atoms with E-state index in [0.717, 1.165) is 49.0 Å². The maximum atomic E-state index is 12.9. The molecule has 4 N–H and O–H groups in total. The fourth-order valence-corrected chi connectivity index (χ4v) is 4.07. The number of aromatic amines is 1. The van der Waals surface area contributed by atoms with E-state index >= 15 is 0 Å². The first-order valence-electron chi connectivity index (χ1n) is 10.3. The molecule has 0 radical (unpaired) electrons. The number of nitrogens with two attached hydrogens (primary N) is 1. The summed E-state index contributed by atoms with van der Waals surface area (Å²) in [6.07, 6.45) is -0.254. The van der Waals surface area contributed by atoms with Crippen LogP contribution < -0.4 is 5.73 Å². The highest BCUT2D eigenvalue weighted by Gasteiger charge is 2.38. The lowest BCUT2D eigenvalue weighted by Gasteiger charge is -2.34. The number of piperidine rings is 1. The van der Waals surface area contributed by atoms with Crippen molar-refractivity contribution in [2.24, 2.45) is 11.7 Å². The number of carbonyl (C=O) groups excluding carboxylic acids is 1. The second-order valence-electron chi connectivity index (χ2n) is 8.15. The predicted molar refractivity (Wildman–Crippen MR) is 113 cm³/mol. The van der Waals surface area contributed by atoms with Crippen molar-refractivity contribution in [1.29, 1.82) is 0 Å². The summed E-state index contributed by atoms with van der Waals surface area (Å²) in [7, 11) is 0. The van der Waals surface area contributed by atoms with Crippen molar-refractivity contribution in [2.45, 2.75) is 52.3 Å². The second kappa shape index (κ2) is 10.6. The van der Waals surface area contributed by atoms with E-state index in [1.54, 1.807) is 6.20 Å². The summed E-state index contributed by atoms with van der Waals surface area (Å²) in [4.78, 5) is 23.7. The Morgan fingerprint density at radius 1 is 1.22 bits per heavy atom. The number of aliphatic carboxylic acids is 1. The Hall–Kier alpha value is -2.88. The molecule has 2 heterocycles. The quantitative estimate of drug-likeness (QED) is 0.655.